The van der Waals surface area contributed by atoms with E-state index in [2.05, 4.69) is 40.9 Å². The summed E-state index contributed by atoms with van der Waals surface area (Å²) >= 11 is 0. The summed E-state index contributed by atoms with van der Waals surface area (Å²) < 4.78 is 1.92. The predicted molar refractivity (Wildman–Crippen MR) is 131 cm³/mol. The first-order chi connectivity index (χ1) is 16.2. The van der Waals surface area contributed by atoms with Crippen LogP contribution in [-0.2, 0) is 4.79 Å². The largest absolute Gasteiger partial charge is 0.352 e. The highest BCUT2D eigenvalue weighted by Gasteiger charge is 2.30. The molecule has 1 aliphatic carbocycles. The van der Waals surface area contributed by atoms with Gasteiger partial charge in [0.05, 0.1) is 17.3 Å². The van der Waals surface area contributed by atoms with Gasteiger partial charge in [-0.3, -0.25) is 4.79 Å². The Morgan fingerprint density at radius 2 is 1.79 bits per heavy atom. The minimum atomic E-state index is 0.243. The number of hydrogen-bond acceptors (Lipinski definition) is 5. The third-order valence-corrected chi connectivity index (χ3v) is 7.18. The number of amides is 1. The van der Waals surface area contributed by atoms with E-state index in [9.17, 15) is 4.79 Å². The highest BCUT2D eigenvalue weighted by Crippen LogP contribution is 2.31. The molecular weight excluding hydrogens is 412 g/mol. The molecule has 1 aliphatic heterocycles. The Labute approximate surface area is 195 Å². The van der Waals surface area contributed by atoms with Crippen LogP contribution >= 0.6 is 0 Å². The molecule has 7 heteroatoms. The van der Waals surface area contributed by atoms with Crippen molar-refractivity contribution in [3.63, 3.8) is 0 Å². The van der Waals surface area contributed by atoms with Gasteiger partial charge in [-0.25, -0.2) is 14.6 Å². The van der Waals surface area contributed by atoms with E-state index in [0.29, 0.717) is 5.91 Å². The molecule has 1 unspecified atom stereocenters. The van der Waals surface area contributed by atoms with Crippen LogP contribution < -0.4 is 4.90 Å². The van der Waals surface area contributed by atoms with Crippen molar-refractivity contribution in [2.24, 2.45) is 5.92 Å². The summed E-state index contributed by atoms with van der Waals surface area (Å²) in [6.45, 7) is 7.51. The first-order valence-corrected chi connectivity index (χ1v) is 12.5. The SMILES string of the molecule is CCCC(C)c1nc(N2CCN(C(=O)C3CCCC3)CC2)c2cnn(-c3ccccc3)c2n1. The zero-order chi connectivity index (χ0) is 22.8. The molecule has 5 rings (SSSR count). The molecule has 1 amide bonds. The Kier molecular flexibility index (Phi) is 6.29. The third kappa shape index (κ3) is 4.33. The van der Waals surface area contributed by atoms with Crippen LogP contribution in [-0.4, -0.2) is 56.7 Å². The molecule has 7 nitrogen and oxygen atoms in total. The van der Waals surface area contributed by atoms with Crippen molar-refractivity contribution in [3.05, 3.63) is 42.4 Å². The number of benzene rings is 1. The summed E-state index contributed by atoms with van der Waals surface area (Å²) in [5.41, 5.74) is 1.85. The van der Waals surface area contributed by atoms with Crippen LogP contribution in [0.4, 0.5) is 5.82 Å². The van der Waals surface area contributed by atoms with E-state index in [1.54, 1.807) is 0 Å². The molecule has 33 heavy (non-hydrogen) atoms. The minimum Gasteiger partial charge on any atom is -0.352 e. The zero-order valence-electron chi connectivity index (χ0n) is 19.8. The summed E-state index contributed by atoms with van der Waals surface area (Å²) in [6, 6.07) is 10.2. The van der Waals surface area contributed by atoms with Gasteiger partial charge in [0.15, 0.2) is 5.65 Å². The smallest absolute Gasteiger partial charge is 0.225 e. The highest BCUT2D eigenvalue weighted by atomic mass is 16.2. The second kappa shape index (κ2) is 9.49. The van der Waals surface area contributed by atoms with Gasteiger partial charge in [-0.1, -0.05) is 51.3 Å². The molecule has 0 spiro atoms. The van der Waals surface area contributed by atoms with Crippen LogP contribution in [0.1, 0.15) is 64.1 Å². The van der Waals surface area contributed by atoms with Crippen LogP contribution in [0.3, 0.4) is 0 Å². The highest BCUT2D eigenvalue weighted by molar-refractivity contribution is 5.88. The van der Waals surface area contributed by atoms with E-state index >= 15 is 0 Å². The normalized spacial score (nSPS) is 18.2. The average molecular weight is 447 g/mol. The lowest BCUT2D eigenvalue weighted by molar-refractivity contribution is -0.135. The maximum absolute atomic E-state index is 12.9. The lowest BCUT2D eigenvalue weighted by atomic mass is 10.1. The number of para-hydroxylation sites is 1. The first kappa shape index (κ1) is 21.9. The monoisotopic (exact) mass is 446 g/mol. The Morgan fingerprint density at radius 1 is 1.06 bits per heavy atom. The molecule has 1 saturated heterocycles. The van der Waals surface area contributed by atoms with Crippen molar-refractivity contribution in [1.29, 1.82) is 0 Å². The molecule has 2 fully saturated rings. The fourth-order valence-corrected chi connectivity index (χ4v) is 5.26. The van der Waals surface area contributed by atoms with E-state index in [4.69, 9.17) is 9.97 Å². The third-order valence-electron chi connectivity index (χ3n) is 7.18. The predicted octanol–water partition coefficient (Wildman–Crippen LogP) is 4.56. The van der Waals surface area contributed by atoms with Crippen LogP contribution in [0.15, 0.2) is 36.5 Å². The molecule has 2 aromatic heterocycles. The van der Waals surface area contributed by atoms with Crippen molar-refractivity contribution in [1.82, 2.24) is 24.6 Å². The van der Waals surface area contributed by atoms with Gasteiger partial charge in [0.25, 0.3) is 0 Å². The van der Waals surface area contributed by atoms with Gasteiger partial charge in [-0.15, -0.1) is 0 Å². The second-order valence-corrected chi connectivity index (χ2v) is 9.52. The van der Waals surface area contributed by atoms with E-state index in [1.807, 2.05) is 29.1 Å². The fraction of sp³-hybridized carbons (Fsp3) is 0.538. The van der Waals surface area contributed by atoms with Crippen molar-refractivity contribution in [3.8, 4) is 5.69 Å². The van der Waals surface area contributed by atoms with Crippen LogP contribution in [0.2, 0.25) is 0 Å². The standard InChI is InChI=1S/C26H34N6O/c1-3-9-19(2)23-28-24(22-18-27-32(25(22)29-23)21-12-5-4-6-13-21)30-14-16-31(17-15-30)26(33)20-10-7-8-11-20/h4-6,12-13,18-20H,3,7-11,14-17H2,1-2H3. The maximum atomic E-state index is 12.9. The molecular formula is C26H34N6O. The quantitative estimate of drug-likeness (QED) is 0.555. The summed E-state index contributed by atoms with van der Waals surface area (Å²) in [7, 11) is 0. The molecule has 0 radical (unpaired) electrons. The topological polar surface area (TPSA) is 67.2 Å². The van der Waals surface area contributed by atoms with Gasteiger partial charge >= 0.3 is 0 Å². The maximum Gasteiger partial charge on any atom is 0.225 e. The number of carbonyl (C=O) groups is 1. The van der Waals surface area contributed by atoms with E-state index < -0.39 is 0 Å². The molecule has 0 bridgehead atoms. The Balaban J connectivity index is 1.46. The molecule has 3 heterocycles. The number of anilines is 1. The molecule has 1 saturated carbocycles. The molecule has 0 N–H and O–H groups in total. The number of aromatic nitrogens is 4. The fourth-order valence-electron chi connectivity index (χ4n) is 5.26. The minimum absolute atomic E-state index is 0.243. The van der Waals surface area contributed by atoms with Crippen LogP contribution in [0.25, 0.3) is 16.7 Å². The van der Waals surface area contributed by atoms with Crippen molar-refractivity contribution < 1.29 is 4.79 Å². The number of piperazine rings is 1. The lowest BCUT2D eigenvalue weighted by Gasteiger charge is -2.37. The van der Waals surface area contributed by atoms with Gasteiger partial charge in [0.2, 0.25) is 5.91 Å². The molecule has 174 valence electrons. The Bertz CT molecular complexity index is 1100. The van der Waals surface area contributed by atoms with Crippen LogP contribution in [0.5, 0.6) is 0 Å². The second-order valence-electron chi connectivity index (χ2n) is 9.52. The number of fused-ring (bicyclic) bond motifs is 1. The molecule has 2 aliphatic rings. The number of rotatable bonds is 6. The Hall–Kier alpha value is -2.96. The summed E-state index contributed by atoms with van der Waals surface area (Å²) in [6.07, 6.45) is 8.54. The van der Waals surface area contributed by atoms with E-state index in [0.717, 1.165) is 80.2 Å². The van der Waals surface area contributed by atoms with Gasteiger partial charge in [0, 0.05) is 38.0 Å². The number of carbonyl (C=O) groups excluding carboxylic acids is 1. The van der Waals surface area contributed by atoms with Crippen molar-refractivity contribution >= 4 is 22.8 Å². The average Bonchev–Trinajstić information content (AvgIpc) is 3.54. The van der Waals surface area contributed by atoms with E-state index in [-0.39, 0.29) is 11.8 Å². The van der Waals surface area contributed by atoms with Crippen molar-refractivity contribution in [2.45, 2.75) is 58.3 Å². The Morgan fingerprint density at radius 3 is 2.48 bits per heavy atom. The molecule has 1 aromatic carbocycles. The van der Waals surface area contributed by atoms with Gasteiger partial charge in [-0.05, 0) is 31.4 Å². The first-order valence-electron chi connectivity index (χ1n) is 12.5. The van der Waals surface area contributed by atoms with Gasteiger partial charge in [0.1, 0.15) is 11.6 Å². The molecule has 1 atom stereocenters. The van der Waals surface area contributed by atoms with Gasteiger partial charge < -0.3 is 9.80 Å². The number of hydrogen-bond donors (Lipinski definition) is 0. The number of nitrogens with zero attached hydrogens (tertiary/aromatic N) is 6. The summed E-state index contributed by atoms with van der Waals surface area (Å²) in [4.78, 5) is 27.3. The molecule has 3 aromatic rings. The van der Waals surface area contributed by atoms with Gasteiger partial charge in [-0.2, -0.15) is 5.10 Å². The zero-order valence-corrected chi connectivity index (χ0v) is 19.8. The van der Waals surface area contributed by atoms with E-state index in [1.165, 1.54) is 12.8 Å². The summed E-state index contributed by atoms with van der Waals surface area (Å²) in [5.74, 6) is 2.71. The summed E-state index contributed by atoms with van der Waals surface area (Å²) in [5, 5.41) is 5.66. The van der Waals surface area contributed by atoms with Crippen molar-refractivity contribution in [2.75, 3.05) is 31.1 Å². The van der Waals surface area contributed by atoms with Crippen LogP contribution in [0, 0.1) is 5.92 Å². The lowest BCUT2D eigenvalue weighted by Crippen LogP contribution is -2.50.